The van der Waals surface area contributed by atoms with Gasteiger partial charge in [0, 0.05) is 18.9 Å². The van der Waals surface area contributed by atoms with E-state index in [2.05, 4.69) is 9.71 Å². The molecular formula is C11H19N3O2S. The largest absolute Gasteiger partial charge is 0.330 e. The maximum atomic E-state index is 11.9. The summed E-state index contributed by atoms with van der Waals surface area (Å²) in [6.07, 6.45) is 4.62. The Morgan fingerprint density at radius 3 is 2.82 bits per heavy atom. The number of nitrogens with two attached hydrogens (primary N) is 1. The molecule has 3 N–H and O–H groups in total. The van der Waals surface area contributed by atoms with Crippen LogP contribution in [-0.4, -0.2) is 26.5 Å². The molecule has 17 heavy (non-hydrogen) atoms. The van der Waals surface area contributed by atoms with Crippen molar-refractivity contribution in [1.82, 2.24) is 9.71 Å². The number of sulfonamides is 1. The van der Waals surface area contributed by atoms with Crippen molar-refractivity contribution in [2.45, 2.75) is 24.7 Å². The van der Waals surface area contributed by atoms with Crippen molar-refractivity contribution in [3.8, 4) is 0 Å². The highest BCUT2D eigenvalue weighted by atomic mass is 32.2. The molecule has 0 radical (unpaired) electrons. The standard InChI is InChI=1S/C11H19N3O2S/c1-2-10(5-6-12)8-14-17(15,16)11-4-3-7-13-9-11/h3-4,7,9-10,14H,2,5-6,8,12H2,1H3. The van der Waals surface area contributed by atoms with Gasteiger partial charge in [0.1, 0.15) is 4.90 Å². The van der Waals surface area contributed by atoms with Crippen molar-refractivity contribution < 1.29 is 8.42 Å². The summed E-state index contributed by atoms with van der Waals surface area (Å²) < 4.78 is 26.3. The second-order valence-corrected chi connectivity index (χ2v) is 5.66. The summed E-state index contributed by atoms with van der Waals surface area (Å²) in [7, 11) is -3.44. The second kappa shape index (κ2) is 6.68. The van der Waals surface area contributed by atoms with Gasteiger partial charge in [0.05, 0.1) is 0 Å². The molecule has 0 aliphatic heterocycles. The minimum Gasteiger partial charge on any atom is -0.330 e. The second-order valence-electron chi connectivity index (χ2n) is 3.89. The molecule has 0 fully saturated rings. The van der Waals surface area contributed by atoms with Gasteiger partial charge in [-0.2, -0.15) is 0 Å². The number of hydrogen-bond donors (Lipinski definition) is 2. The van der Waals surface area contributed by atoms with E-state index >= 15 is 0 Å². The number of nitrogens with zero attached hydrogens (tertiary/aromatic N) is 1. The van der Waals surface area contributed by atoms with Gasteiger partial charge in [0.2, 0.25) is 10.0 Å². The van der Waals surface area contributed by atoms with Crippen molar-refractivity contribution >= 4 is 10.0 Å². The fourth-order valence-electron chi connectivity index (χ4n) is 1.50. The molecule has 5 nitrogen and oxygen atoms in total. The van der Waals surface area contributed by atoms with Crippen LogP contribution < -0.4 is 10.5 Å². The molecule has 1 atom stereocenters. The van der Waals surface area contributed by atoms with Crippen LogP contribution >= 0.6 is 0 Å². The molecule has 1 unspecified atom stereocenters. The Morgan fingerprint density at radius 2 is 2.29 bits per heavy atom. The van der Waals surface area contributed by atoms with Gasteiger partial charge in [-0.05, 0) is 31.0 Å². The maximum absolute atomic E-state index is 11.9. The summed E-state index contributed by atoms with van der Waals surface area (Å²) in [6.45, 7) is 3.02. The Balaban J connectivity index is 2.62. The smallest absolute Gasteiger partial charge is 0.242 e. The highest BCUT2D eigenvalue weighted by molar-refractivity contribution is 7.89. The van der Waals surface area contributed by atoms with Crippen LogP contribution in [0.25, 0.3) is 0 Å². The molecule has 96 valence electrons. The molecule has 1 aromatic rings. The van der Waals surface area contributed by atoms with Crippen LogP contribution in [0.15, 0.2) is 29.4 Å². The molecular weight excluding hydrogens is 238 g/mol. The van der Waals surface area contributed by atoms with E-state index in [1.807, 2.05) is 6.92 Å². The fourth-order valence-corrected chi connectivity index (χ4v) is 2.58. The summed E-state index contributed by atoms with van der Waals surface area (Å²) >= 11 is 0. The minimum absolute atomic E-state index is 0.197. The quantitative estimate of drug-likeness (QED) is 0.754. The third-order valence-electron chi connectivity index (χ3n) is 2.66. The molecule has 0 saturated heterocycles. The average molecular weight is 257 g/mol. The van der Waals surface area contributed by atoms with Crippen molar-refractivity contribution in [2.24, 2.45) is 11.7 Å². The van der Waals surface area contributed by atoms with Gasteiger partial charge in [0.15, 0.2) is 0 Å². The third-order valence-corrected chi connectivity index (χ3v) is 4.07. The summed E-state index contributed by atoms with van der Waals surface area (Å²) in [6, 6.07) is 3.13. The van der Waals surface area contributed by atoms with Gasteiger partial charge in [-0.25, -0.2) is 13.1 Å². The Morgan fingerprint density at radius 1 is 1.53 bits per heavy atom. The van der Waals surface area contributed by atoms with Crippen molar-refractivity contribution in [1.29, 1.82) is 0 Å². The molecule has 6 heteroatoms. The summed E-state index contributed by atoms with van der Waals surface area (Å²) in [5.74, 6) is 0.284. The van der Waals surface area contributed by atoms with Gasteiger partial charge < -0.3 is 5.73 Å². The maximum Gasteiger partial charge on any atom is 0.242 e. The van der Waals surface area contributed by atoms with E-state index in [0.29, 0.717) is 13.1 Å². The van der Waals surface area contributed by atoms with E-state index in [-0.39, 0.29) is 10.8 Å². The lowest BCUT2D eigenvalue weighted by atomic mass is 10.0. The number of nitrogens with one attached hydrogen (secondary N) is 1. The van der Waals surface area contributed by atoms with Crippen LogP contribution in [0.4, 0.5) is 0 Å². The van der Waals surface area contributed by atoms with Crippen LogP contribution in [0.3, 0.4) is 0 Å². The first-order chi connectivity index (χ1) is 8.10. The zero-order valence-electron chi connectivity index (χ0n) is 9.96. The number of hydrogen-bond acceptors (Lipinski definition) is 4. The Kier molecular flexibility index (Phi) is 5.54. The lowest BCUT2D eigenvalue weighted by Gasteiger charge is -2.14. The molecule has 0 amide bonds. The van der Waals surface area contributed by atoms with Crippen LogP contribution in [0.2, 0.25) is 0 Å². The highest BCUT2D eigenvalue weighted by Gasteiger charge is 2.15. The normalized spacial score (nSPS) is 13.5. The van der Waals surface area contributed by atoms with Crippen molar-refractivity contribution in [3.63, 3.8) is 0 Å². The molecule has 0 aliphatic carbocycles. The topological polar surface area (TPSA) is 85.1 Å². The van der Waals surface area contributed by atoms with E-state index in [1.54, 1.807) is 12.3 Å². The molecule has 0 aromatic carbocycles. The molecule has 0 aliphatic rings. The van der Waals surface area contributed by atoms with Crippen LogP contribution in [0, 0.1) is 5.92 Å². The Labute approximate surface area is 102 Å². The Bertz CT molecular complexity index is 420. The molecule has 1 aromatic heterocycles. The monoisotopic (exact) mass is 257 g/mol. The van der Waals surface area contributed by atoms with Crippen LogP contribution in [0.1, 0.15) is 19.8 Å². The zero-order chi connectivity index (χ0) is 12.7. The van der Waals surface area contributed by atoms with E-state index in [1.165, 1.54) is 12.3 Å². The van der Waals surface area contributed by atoms with E-state index in [4.69, 9.17) is 5.73 Å². The third kappa shape index (κ3) is 4.41. The fraction of sp³-hybridized carbons (Fsp3) is 0.545. The number of aromatic nitrogens is 1. The first-order valence-electron chi connectivity index (χ1n) is 5.70. The molecule has 1 heterocycles. The van der Waals surface area contributed by atoms with Crippen LogP contribution in [0.5, 0.6) is 0 Å². The lowest BCUT2D eigenvalue weighted by molar-refractivity contribution is 0.466. The van der Waals surface area contributed by atoms with Gasteiger partial charge >= 0.3 is 0 Å². The van der Waals surface area contributed by atoms with Gasteiger partial charge in [-0.3, -0.25) is 4.98 Å². The summed E-state index contributed by atoms with van der Waals surface area (Å²) in [5, 5.41) is 0. The summed E-state index contributed by atoms with van der Waals surface area (Å²) in [4.78, 5) is 3.99. The van der Waals surface area contributed by atoms with Crippen molar-refractivity contribution in [3.05, 3.63) is 24.5 Å². The van der Waals surface area contributed by atoms with Crippen molar-refractivity contribution in [2.75, 3.05) is 13.1 Å². The predicted molar refractivity (Wildman–Crippen MR) is 66.9 cm³/mol. The van der Waals surface area contributed by atoms with E-state index < -0.39 is 10.0 Å². The van der Waals surface area contributed by atoms with Crippen LogP contribution in [-0.2, 0) is 10.0 Å². The molecule has 0 bridgehead atoms. The molecule has 0 saturated carbocycles. The zero-order valence-corrected chi connectivity index (χ0v) is 10.8. The van der Waals surface area contributed by atoms with Gasteiger partial charge in [-0.1, -0.05) is 13.3 Å². The highest BCUT2D eigenvalue weighted by Crippen LogP contribution is 2.09. The lowest BCUT2D eigenvalue weighted by Crippen LogP contribution is -2.30. The molecule has 1 rings (SSSR count). The van der Waals surface area contributed by atoms with E-state index in [9.17, 15) is 8.42 Å². The SMILES string of the molecule is CCC(CCN)CNS(=O)(=O)c1cccnc1. The average Bonchev–Trinajstić information content (AvgIpc) is 2.35. The number of pyridine rings is 1. The summed E-state index contributed by atoms with van der Waals surface area (Å²) in [5.41, 5.74) is 5.47. The Hall–Kier alpha value is -0.980. The molecule has 0 spiro atoms. The van der Waals surface area contributed by atoms with E-state index in [0.717, 1.165) is 12.8 Å². The predicted octanol–water partition coefficient (Wildman–Crippen LogP) is 0.735. The first-order valence-corrected chi connectivity index (χ1v) is 7.18. The minimum atomic E-state index is -3.44. The number of rotatable bonds is 7. The van der Waals surface area contributed by atoms with Gasteiger partial charge in [-0.15, -0.1) is 0 Å². The first kappa shape index (κ1) is 14.1. The van der Waals surface area contributed by atoms with Gasteiger partial charge in [0.25, 0.3) is 0 Å².